The smallest absolute Gasteiger partial charge is 0.241 e. The van der Waals surface area contributed by atoms with Gasteiger partial charge in [0.1, 0.15) is 11.5 Å². The van der Waals surface area contributed by atoms with Gasteiger partial charge in [-0.2, -0.15) is 0 Å². The predicted molar refractivity (Wildman–Crippen MR) is 122 cm³/mol. The summed E-state index contributed by atoms with van der Waals surface area (Å²) < 4.78 is 50.2. The summed E-state index contributed by atoms with van der Waals surface area (Å²) >= 11 is 0. The van der Waals surface area contributed by atoms with E-state index in [9.17, 15) is 8.42 Å². The second-order valence-corrected chi connectivity index (χ2v) is 8.73. The van der Waals surface area contributed by atoms with E-state index < -0.39 is 16.1 Å². The van der Waals surface area contributed by atoms with E-state index in [-0.39, 0.29) is 4.90 Å². The Labute approximate surface area is 189 Å². The van der Waals surface area contributed by atoms with Crippen LogP contribution in [0.2, 0.25) is 0 Å². The van der Waals surface area contributed by atoms with Crippen LogP contribution in [0, 0.1) is 0 Å². The fourth-order valence-electron chi connectivity index (χ4n) is 3.30. The van der Waals surface area contributed by atoms with Crippen LogP contribution in [0.25, 0.3) is 0 Å². The summed E-state index contributed by atoms with van der Waals surface area (Å²) in [5.41, 5.74) is 1.77. The number of sulfonamides is 1. The van der Waals surface area contributed by atoms with Gasteiger partial charge < -0.3 is 18.9 Å². The second-order valence-electron chi connectivity index (χ2n) is 7.02. The van der Waals surface area contributed by atoms with Gasteiger partial charge >= 0.3 is 0 Å². The summed E-state index contributed by atoms with van der Waals surface area (Å²) in [5.74, 6) is 2.23. The average molecular weight is 458 g/mol. The monoisotopic (exact) mass is 457 g/mol. The molecule has 7 nitrogen and oxygen atoms in total. The lowest BCUT2D eigenvalue weighted by Crippen LogP contribution is -2.30. The molecule has 0 heterocycles. The van der Waals surface area contributed by atoms with Crippen LogP contribution in [0.5, 0.6) is 23.0 Å². The molecule has 0 saturated carbocycles. The number of hydrogen-bond donors (Lipinski definition) is 1. The molecule has 0 fully saturated rings. The van der Waals surface area contributed by atoms with Crippen molar-refractivity contribution in [2.45, 2.75) is 17.4 Å². The van der Waals surface area contributed by atoms with Gasteiger partial charge in [-0.1, -0.05) is 24.3 Å². The fraction of sp³-hybridized carbons (Fsp3) is 0.250. The van der Waals surface area contributed by atoms with E-state index in [1.165, 1.54) is 26.4 Å². The van der Waals surface area contributed by atoms with Crippen molar-refractivity contribution < 1.29 is 27.4 Å². The van der Waals surface area contributed by atoms with Crippen molar-refractivity contribution in [1.82, 2.24) is 4.72 Å². The summed E-state index contributed by atoms with van der Waals surface area (Å²) in [6, 6.07) is 18.8. The van der Waals surface area contributed by atoms with Crippen LogP contribution in [-0.2, 0) is 16.4 Å². The minimum atomic E-state index is -3.86. The van der Waals surface area contributed by atoms with E-state index in [1.54, 1.807) is 32.4 Å². The van der Waals surface area contributed by atoms with Crippen molar-refractivity contribution in [3.63, 3.8) is 0 Å². The average Bonchev–Trinajstić information content (AvgIpc) is 2.83. The number of benzene rings is 3. The van der Waals surface area contributed by atoms with Gasteiger partial charge in [0.2, 0.25) is 10.0 Å². The third-order valence-electron chi connectivity index (χ3n) is 5.08. The number of nitrogens with one attached hydrogen (secondary N) is 1. The van der Waals surface area contributed by atoms with E-state index in [1.807, 2.05) is 36.4 Å². The standard InChI is InChI=1S/C24H27NO6S/c1-28-19-9-5-17(6-10-19)15-22(18-7-11-20(29-2)12-8-18)25-32(26,27)21-13-14-23(30-3)24(16-21)31-4/h5-14,16,22,25H,15H2,1-4H3. The first-order chi connectivity index (χ1) is 15.4. The summed E-state index contributed by atoms with van der Waals surface area (Å²) in [4.78, 5) is 0.0865. The highest BCUT2D eigenvalue weighted by atomic mass is 32.2. The molecule has 1 unspecified atom stereocenters. The minimum Gasteiger partial charge on any atom is -0.497 e. The molecule has 3 rings (SSSR count). The minimum absolute atomic E-state index is 0.0865. The molecule has 1 N–H and O–H groups in total. The van der Waals surface area contributed by atoms with Crippen LogP contribution < -0.4 is 23.7 Å². The molecule has 0 bridgehead atoms. The van der Waals surface area contributed by atoms with Crippen molar-refractivity contribution in [2.24, 2.45) is 0 Å². The Kier molecular flexibility index (Phi) is 7.61. The normalized spacial score (nSPS) is 12.1. The Morgan fingerprint density at radius 2 is 1.28 bits per heavy atom. The highest BCUT2D eigenvalue weighted by Crippen LogP contribution is 2.31. The van der Waals surface area contributed by atoms with Crippen LogP contribution in [0.3, 0.4) is 0 Å². The third-order valence-corrected chi connectivity index (χ3v) is 6.55. The van der Waals surface area contributed by atoms with Crippen LogP contribution in [-0.4, -0.2) is 36.9 Å². The van der Waals surface area contributed by atoms with Gasteiger partial charge in [-0.15, -0.1) is 0 Å². The molecule has 0 aliphatic rings. The molecule has 0 radical (unpaired) electrons. The maximum Gasteiger partial charge on any atom is 0.241 e. The van der Waals surface area contributed by atoms with Crippen molar-refractivity contribution in [3.05, 3.63) is 77.9 Å². The van der Waals surface area contributed by atoms with Gasteiger partial charge in [-0.3, -0.25) is 0 Å². The molecule has 170 valence electrons. The van der Waals surface area contributed by atoms with Crippen LogP contribution in [0.1, 0.15) is 17.2 Å². The lowest BCUT2D eigenvalue weighted by atomic mass is 9.99. The summed E-state index contributed by atoms with van der Waals surface area (Å²) in [6.07, 6.45) is 0.447. The first kappa shape index (κ1) is 23.4. The topological polar surface area (TPSA) is 83.1 Å². The maximum atomic E-state index is 13.2. The molecule has 8 heteroatoms. The Balaban J connectivity index is 1.94. The van der Waals surface area contributed by atoms with Gasteiger partial charge in [0, 0.05) is 6.07 Å². The van der Waals surface area contributed by atoms with Gasteiger partial charge in [-0.05, 0) is 53.9 Å². The number of ether oxygens (including phenoxy) is 4. The summed E-state index contributed by atoms with van der Waals surface area (Å²) in [5, 5.41) is 0. The number of methoxy groups -OCH3 is 4. The van der Waals surface area contributed by atoms with E-state index in [0.29, 0.717) is 23.7 Å². The Morgan fingerprint density at radius 3 is 1.81 bits per heavy atom. The van der Waals surface area contributed by atoms with E-state index >= 15 is 0 Å². The Hall–Kier alpha value is -3.23. The molecule has 0 saturated heterocycles. The number of rotatable bonds is 10. The summed E-state index contributed by atoms with van der Waals surface area (Å²) in [7, 11) is 2.30. The Morgan fingerprint density at radius 1 is 0.719 bits per heavy atom. The quantitative estimate of drug-likeness (QED) is 0.496. The van der Waals surface area contributed by atoms with Gasteiger partial charge in [-0.25, -0.2) is 13.1 Å². The van der Waals surface area contributed by atoms with Gasteiger partial charge in [0.15, 0.2) is 11.5 Å². The van der Waals surface area contributed by atoms with Crippen molar-refractivity contribution in [3.8, 4) is 23.0 Å². The first-order valence-electron chi connectivity index (χ1n) is 9.91. The molecule has 0 aromatic heterocycles. The zero-order chi connectivity index (χ0) is 23.1. The van der Waals surface area contributed by atoms with Gasteiger partial charge in [0.05, 0.1) is 39.4 Å². The van der Waals surface area contributed by atoms with Crippen LogP contribution in [0.4, 0.5) is 0 Å². The van der Waals surface area contributed by atoms with Crippen molar-refractivity contribution in [2.75, 3.05) is 28.4 Å². The fourth-order valence-corrected chi connectivity index (χ4v) is 4.54. The van der Waals surface area contributed by atoms with E-state index in [4.69, 9.17) is 18.9 Å². The third kappa shape index (κ3) is 5.52. The molecule has 3 aromatic rings. The highest BCUT2D eigenvalue weighted by Gasteiger charge is 2.23. The SMILES string of the molecule is COc1ccc(CC(NS(=O)(=O)c2ccc(OC)c(OC)c2)c2ccc(OC)cc2)cc1. The molecular formula is C24H27NO6S. The molecule has 3 aromatic carbocycles. The molecular weight excluding hydrogens is 430 g/mol. The molecule has 0 spiro atoms. The van der Waals surface area contributed by atoms with Crippen LogP contribution >= 0.6 is 0 Å². The molecule has 0 aliphatic carbocycles. The first-order valence-corrected chi connectivity index (χ1v) is 11.4. The Bertz CT molecular complexity index is 1130. The molecule has 32 heavy (non-hydrogen) atoms. The number of hydrogen-bond acceptors (Lipinski definition) is 6. The van der Waals surface area contributed by atoms with E-state index in [0.717, 1.165) is 16.9 Å². The molecule has 0 aliphatic heterocycles. The maximum absolute atomic E-state index is 13.2. The van der Waals surface area contributed by atoms with Crippen molar-refractivity contribution >= 4 is 10.0 Å². The summed E-state index contributed by atoms with van der Waals surface area (Å²) in [6.45, 7) is 0. The zero-order valence-electron chi connectivity index (χ0n) is 18.5. The predicted octanol–water partition coefficient (Wildman–Crippen LogP) is 3.98. The van der Waals surface area contributed by atoms with Crippen molar-refractivity contribution in [1.29, 1.82) is 0 Å². The largest absolute Gasteiger partial charge is 0.497 e. The lowest BCUT2D eigenvalue weighted by Gasteiger charge is -2.20. The highest BCUT2D eigenvalue weighted by molar-refractivity contribution is 7.89. The van der Waals surface area contributed by atoms with Crippen LogP contribution in [0.15, 0.2) is 71.6 Å². The zero-order valence-corrected chi connectivity index (χ0v) is 19.3. The van der Waals surface area contributed by atoms with E-state index in [2.05, 4.69) is 4.72 Å². The molecule has 0 amide bonds. The second kappa shape index (κ2) is 10.4. The molecule has 1 atom stereocenters. The lowest BCUT2D eigenvalue weighted by molar-refractivity contribution is 0.354. The van der Waals surface area contributed by atoms with Gasteiger partial charge in [0.25, 0.3) is 0 Å².